The Hall–Kier alpha value is -1.79. The summed E-state index contributed by atoms with van der Waals surface area (Å²) in [6, 6.07) is 0. The number of alkyl halides is 2. The van der Waals surface area contributed by atoms with E-state index in [4.69, 9.17) is 0 Å². The molecule has 0 bridgehead atoms. The molecule has 0 aliphatic heterocycles. The summed E-state index contributed by atoms with van der Waals surface area (Å²) in [5.74, 6) is -3.10. The van der Waals surface area contributed by atoms with Gasteiger partial charge in [-0.3, -0.25) is 9.78 Å². The van der Waals surface area contributed by atoms with E-state index >= 15 is 0 Å². The number of aromatic hydroxyl groups is 1. The van der Waals surface area contributed by atoms with Crippen LogP contribution in [0.15, 0.2) is 6.20 Å². The van der Waals surface area contributed by atoms with Gasteiger partial charge in [-0.2, -0.15) is 0 Å². The van der Waals surface area contributed by atoms with E-state index in [9.17, 15) is 23.1 Å². The number of aromatic nitrogens is 1. The Morgan fingerprint density at radius 1 is 1.62 bits per heavy atom. The van der Waals surface area contributed by atoms with E-state index < -0.39 is 35.9 Å². The maximum Gasteiger partial charge on any atom is 0.311 e. The minimum Gasteiger partial charge on any atom is -0.505 e. The summed E-state index contributed by atoms with van der Waals surface area (Å²) in [5, 5.41) is 9.29. The van der Waals surface area contributed by atoms with Gasteiger partial charge in [0.05, 0.1) is 31.0 Å². The highest BCUT2D eigenvalue weighted by Crippen LogP contribution is 2.32. The van der Waals surface area contributed by atoms with Crippen molar-refractivity contribution in [1.82, 2.24) is 4.98 Å². The number of nitrogens with zero attached hydrogens (tertiary/aromatic N) is 1. The molecule has 0 radical (unpaired) electrons. The molecule has 7 heteroatoms. The largest absolute Gasteiger partial charge is 0.505 e. The number of halogens is 3. The van der Waals surface area contributed by atoms with E-state index in [1.54, 1.807) is 0 Å². The van der Waals surface area contributed by atoms with Crippen molar-refractivity contribution in [1.29, 1.82) is 0 Å². The molecule has 16 heavy (non-hydrogen) atoms. The molecule has 1 aromatic heterocycles. The van der Waals surface area contributed by atoms with Crippen LogP contribution in [0.5, 0.6) is 5.75 Å². The number of hydrogen-bond acceptors (Lipinski definition) is 4. The van der Waals surface area contributed by atoms with Gasteiger partial charge in [-0.25, -0.2) is 13.2 Å². The first-order chi connectivity index (χ1) is 7.47. The van der Waals surface area contributed by atoms with Crippen LogP contribution >= 0.6 is 0 Å². The Balaban J connectivity index is 3.13. The highest BCUT2D eigenvalue weighted by atomic mass is 19.3. The molecule has 0 aliphatic carbocycles. The lowest BCUT2D eigenvalue weighted by molar-refractivity contribution is -0.139. The molecule has 1 heterocycles. The lowest BCUT2D eigenvalue weighted by Crippen LogP contribution is -2.08. The first kappa shape index (κ1) is 12.3. The molecule has 0 aliphatic rings. The van der Waals surface area contributed by atoms with E-state index in [0.717, 1.165) is 7.11 Å². The van der Waals surface area contributed by atoms with Crippen LogP contribution in [0.3, 0.4) is 0 Å². The second kappa shape index (κ2) is 4.82. The van der Waals surface area contributed by atoms with Gasteiger partial charge in [0.15, 0.2) is 5.82 Å². The molecule has 1 aromatic rings. The molecule has 0 unspecified atom stereocenters. The average molecular weight is 235 g/mol. The molecule has 88 valence electrons. The van der Waals surface area contributed by atoms with E-state index in [2.05, 4.69) is 9.72 Å². The van der Waals surface area contributed by atoms with Crippen molar-refractivity contribution in [2.24, 2.45) is 0 Å². The van der Waals surface area contributed by atoms with Crippen LogP contribution in [0, 0.1) is 5.82 Å². The molecule has 0 saturated heterocycles. The lowest BCUT2D eigenvalue weighted by Gasteiger charge is -2.08. The third kappa shape index (κ3) is 2.41. The maximum absolute atomic E-state index is 12.9. The summed E-state index contributed by atoms with van der Waals surface area (Å²) in [6.45, 7) is 0. The predicted octanol–water partition coefficient (Wildman–Crippen LogP) is 1.58. The van der Waals surface area contributed by atoms with Gasteiger partial charge in [0.1, 0.15) is 5.75 Å². The lowest BCUT2D eigenvalue weighted by atomic mass is 10.1. The Bertz CT molecular complexity index is 409. The minimum atomic E-state index is -3.18. The van der Waals surface area contributed by atoms with Crippen LogP contribution < -0.4 is 0 Å². The molecule has 0 atom stereocenters. The van der Waals surface area contributed by atoms with E-state index in [1.807, 2.05) is 0 Å². The summed E-state index contributed by atoms with van der Waals surface area (Å²) in [6.07, 6.45) is -3.15. The molecule has 0 spiro atoms. The standard InChI is InChI=1S/C9H8F3NO3/c1-16-6(14)2-5-8(15)7(9(11)12)4(10)3-13-5/h3,9,15H,2H2,1H3. The van der Waals surface area contributed by atoms with E-state index in [1.165, 1.54) is 0 Å². The van der Waals surface area contributed by atoms with Crippen molar-refractivity contribution in [3.63, 3.8) is 0 Å². The molecule has 0 saturated carbocycles. The summed E-state index contributed by atoms with van der Waals surface area (Å²) in [4.78, 5) is 14.2. The molecule has 1 rings (SSSR count). The Morgan fingerprint density at radius 2 is 2.25 bits per heavy atom. The van der Waals surface area contributed by atoms with Crippen molar-refractivity contribution in [3.05, 3.63) is 23.3 Å². The Morgan fingerprint density at radius 3 is 2.75 bits per heavy atom. The molecule has 0 amide bonds. The van der Waals surface area contributed by atoms with Crippen molar-refractivity contribution < 1.29 is 27.8 Å². The SMILES string of the molecule is COC(=O)Cc1ncc(F)c(C(F)F)c1O. The number of carbonyl (C=O) groups excluding carboxylic acids is 1. The van der Waals surface area contributed by atoms with Gasteiger partial charge in [0.25, 0.3) is 6.43 Å². The normalized spacial score (nSPS) is 10.6. The first-order valence-electron chi connectivity index (χ1n) is 4.18. The second-order valence-electron chi connectivity index (χ2n) is 2.87. The van der Waals surface area contributed by atoms with Crippen LogP contribution in [0.4, 0.5) is 13.2 Å². The number of esters is 1. The van der Waals surface area contributed by atoms with Crippen molar-refractivity contribution >= 4 is 5.97 Å². The fraction of sp³-hybridized carbons (Fsp3) is 0.333. The highest BCUT2D eigenvalue weighted by molar-refractivity contribution is 5.72. The quantitative estimate of drug-likeness (QED) is 0.808. The van der Waals surface area contributed by atoms with Crippen LogP contribution in [-0.4, -0.2) is 23.2 Å². The number of methoxy groups -OCH3 is 1. The zero-order valence-electron chi connectivity index (χ0n) is 8.21. The zero-order chi connectivity index (χ0) is 12.3. The fourth-order valence-electron chi connectivity index (χ4n) is 1.08. The number of ether oxygens (including phenoxy) is 1. The van der Waals surface area contributed by atoms with Crippen molar-refractivity contribution in [2.45, 2.75) is 12.8 Å². The summed E-state index contributed by atoms with van der Waals surface area (Å²) >= 11 is 0. The average Bonchev–Trinajstić information content (AvgIpc) is 2.21. The molecule has 0 aromatic carbocycles. The highest BCUT2D eigenvalue weighted by Gasteiger charge is 2.23. The smallest absolute Gasteiger partial charge is 0.311 e. The molecule has 4 nitrogen and oxygen atoms in total. The van der Waals surface area contributed by atoms with Crippen LogP contribution in [0.2, 0.25) is 0 Å². The van der Waals surface area contributed by atoms with Gasteiger partial charge in [-0.1, -0.05) is 0 Å². The van der Waals surface area contributed by atoms with E-state index in [0.29, 0.717) is 6.20 Å². The van der Waals surface area contributed by atoms with Gasteiger partial charge < -0.3 is 9.84 Å². The number of rotatable bonds is 3. The van der Waals surface area contributed by atoms with Gasteiger partial charge in [0, 0.05) is 0 Å². The fourth-order valence-corrected chi connectivity index (χ4v) is 1.08. The number of pyridine rings is 1. The summed E-state index contributed by atoms with van der Waals surface area (Å²) < 4.78 is 41.8. The zero-order valence-corrected chi connectivity index (χ0v) is 8.21. The minimum absolute atomic E-state index is 0.344. The molecular weight excluding hydrogens is 227 g/mol. The third-order valence-corrected chi connectivity index (χ3v) is 1.88. The van der Waals surface area contributed by atoms with Gasteiger partial charge >= 0.3 is 5.97 Å². The van der Waals surface area contributed by atoms with Gasteiger partial charge in [-0.15, -0.1) is 0 Å². The number of hydrogen-bond donors (Lipinski definition) is 1. The Labute approximate surface area is 88.7 Å². The second-order valence-corrected chi connectivity index (χ2v) is 2.87. The monoisotopic (exact) mass is 235 g/mol. The summed E-state index contributed by atoms with van der Waals surface area (Å²) in [5.41, 5.74) is -1.50. The van der Waals surface area contributed by atoms with E-state index in [-0.39, 0.29) is 5.69 Å². The Kier molecular flexibility index (Phi) is 3.70. The molecule has 0 fully saturated rings. The third-order valence-electron chi connectivity index (χ3n) is 1.88. The molecule has 1 N–H and O–H groups in total. The van der Waals surface area contributed by atoms with Crippen LogP contribution in [0.25, 0.3) is 0 Å². The number of carbonyl (C=O) groups is 1. The molecular formula is C9H8F3NO3. The van der Waals surface area contributed by atoms with Crippen molar-refractivity contribution in [3.8, 4) is 5.75 Å². The van der Waals surface area contributed by atoms with Crippen molar-refractivity contribution in [2.75, 3.05) is 7.11 Å². The van der Waals surface area contributed by atoms with Crippen LogP contribution in [-0.2, 0) is 16.0 Å². The topological polar surface area (TPSA) is 59.4 Å². The predicted molar refractivity (Wildman–Crippen MR) is 46.5 cm³/mol. The van der Waals surface area contributed by atoms with Gasteiger partial charge in [-0.05, 0) is 0 Å². The van der Waals surface area contributed by atoms with Gasteiger partial charge in [0.2, 0.25) is 0 Å². The first-order valence-corrected chi connectivity index (χ1v) is 4.18. The maximum atomic E-state index is 12.9. The van der Waals surface area contributed by atoms with Crippen LogP contribution in [0.1, 0.15) is 17.7 Å². The summed E-state index contributed by atoms with van der Waals surface area (Å²) in [7, 11) is 1.09.